The highest BCUT2D eigenvalue weighted by molar-refractivity contribution is 5.94. The van der Waals surface area contributed by atoms with E-state index in [1.54, 1.807) is 25.4 Å². The average molecular weight is 269 g/mol. The molecule has 0 aliphatic heterocycles. The minimum atomic E-state index is -0.117. The Labute approximate surface area is 119 Å². The number of nitrogens with one attached hydrogen (secondary N) is 2. The van der Waals surface area contributed by atoms with Gasteiger partial charge in [-0.1, -0.05) is 29.8 Å². The molecule has 2 N–H and O–H groups in total. The number of aryl methyl sites for hydroxylation is 1. The number of carbonyl (C=O) groups is 1. The van der Waals surface area contributed by atoms with Crippen LogP contribution in [0.1, 0.15) is 34.5 Å². The lowest BCUT2D eigenvalue weighted by molar-refractivity contribution is 0.0939. The molecular weight excluding hydrogens is 250 g/mol. The van der Waals surface area contributed by atoms with Crippen molar-refractivity contribution in [2.75, 3.05) is 12.4 Å². The van der Waals surface area contributed by atoms with E-state index >= 15 is 0 Å². The number of anilines is 1. The van der Waals surface area contributed by atoms with Crippen LogP contribution in [0, 0.1) is 6.92 Å². The predicted molar refractivity (Wildman–Crippen MR) is 80.8 cm³/mol. The first-order valence-electron chi connectivity index (χ1n) is 6.61. The number of hydrogen-bond donors (Lipinski definition) is 2. The second-order valence-electron chi connectivity index (χ2n) is 4.79. The third-order valence-electron chi connectivity index (χ3n) is 3.21. The van der Waals surface area contributed by atoms with Gasteiger partial charge >= 0.3 is 0 Å². The average Bonchev–Trinajstić information content (AvgIpc) is 2.48. The first kappa shape index (κ1) is 14.1. The number of carbonyl (C=O) groups excluding carboxylic acids is 1. The molecule has 1 aromatic heterocycles. The topological polar surface area (TPSA) is 54.0 Å². The van der Waals surface area contributed by atoms with Gasteiger partial charge in [0, 0.05) is 13.2 Å². The fourth-order valence-corrected chi connectivity index (χ4v) is 1.89. The van der Waals surface area contributed by atoms with Gasteiger partial charge in [0.05, 0.1) is 11.6 Å². The minimum absolute atomic E-state index is 0.0351. The summed E-state index contributed by atoms with van der Waals surface area (Å²) < 4.78 is 0. The summed E-state index contributed by atoms with van der Waals surface area (Å²) >= 11 is 0. The first-order chi connectivity index (χ1) is 9.60. The summed E-state index contributed by atoms with van der Waals surface area (Å²) in [6, 6.07) is 11.7. The van der Waals surface area contributed by atoms with E-state index in [2.05, 4.69) is 15.6 Å². The maximum Gasteiger partial charge on any atom is 0.253 e. The van der Waals surface area contributed by atoms with Gasteiger partial charge in [-0.05, 0) is 31.5 Å². The van der Waals surface area contributed by atoms with E-state index in [1.807, 2.05) is 38.1 Å². The summed E-state index contributed by atoms with van der Waals surface area (Å²) in [7, 11) is 1.79. The Morgan fingerprint density at radius 2 is 1.85 bits per heavy atom. The molecule has 0 aliphatic rings. The molecule has 0 fully saturated rings. The lowest BCUT2D eigenvalue weighted by Crippen LogP contribution is -2.26. The molecule has 0 bridgehead atoms. The molecule has 1 heterocycles. The van der Waals surface area contributed by atoms with Gasteiger partial charge in [0.2, 0.25) is 0 Å². The van der Waals surface area contributed by atoms with Crippen molar-refractivity contribution in [1.82, 2.24) is 10.3 Å². The smallest absolute Gasteiger partial charge is 0.253 e. The van der Waals surface area contributed by atoms with E-state index in [1.165, 1.54) is 5.56 Å². The van der Waals surface area contributed by atoms with Crippen molar-refractivity contribution in [1.29, 1.82) is 0 Å². The van der Waals surface area contributed by atoms with E-state index in [0.717, 1.165) is 11.4 Å². The minimum Gasteiger partial charge on any atom is -0.373 e. The van der Waals surface area contributed by atoms with Crippen molar-refractivity contribution >= 4 is 11.7 Å². The van der Waals surface area contributed by atoms with Crippen LogP contribution in [0.25, 0.3) is 0 Å². The summed E-state index contributed by atoms with van der Waals surface area (Å²) in [5.41, 5.74) is 2.85. The van der Waals surface area contributed by atoms with Gasteiger partial charge in [0.1, 0.15) is 5.82 Å². The zero-order valence-electron chi connectivity index (χ0n) is 12.0. The predicted octanol–water partition coefficient (Wildman–Crippen LogP) is 2.92. The second-order valence-corrected chi connectivity index (χ2v) is 4.79. The molecule has 0 radical (unpaired) electrons. The zero-order valence-corrected chi connectivity index (χ0v) is 12.0. The molecule has 1 atom stereocenters. The van der Waals surface area contributed by atoms with Crippen LogP contribution in [-0.2, 0) is 0 Å². The molecule has 4 nitrogen and oxygen atoms in total. The quantitative estimate of drug-likeness (QED) is 0.897. The van der Waals surface area contributed by atoms with Gasteiger partial charge in [-0.3, -0.25) is 4.79 Å². The lowest BCUT2D eigenvalue weighted by Gasteiger charge is -2.14. The van der Waals surface area contributed by atoms with Crippen LogP contribution in [-0.4, -0.2) is 17.9 Å². The van der Waals surface area contributed by atoms with Crippen molar-refractivity contribution in [3.8, 4) is 0 Å². The summed E-state index contributed by atoms with van der Waals surface area (Å²) in [5, 5.41) is 5.89. The van der Waals surface area contributed by atoms with E-state index < -0.39 is 0 Å². The standard InChI is InChI=1S/C16H19N3O/c1-11-4-6-13(7-5-11)12(2)19-16(20)14-8-9-15(17-3)18-10-14/h4-10,12H,1-3H3,(H,17,18)(H,19,20). The molecule has 104 valence electrons. The van der Waals surface area contributed by atoms with E-state index in [9.17, 15) is 4.79 Å². The molecule has 4 heteroatoms. The fraction of sp³-hybridized carbons (Fsp3) is 0.250. The van der Waals surface area contributed by atoms with Crippen LogP contribution < -0.4 is 10.6 Å². The monoisotopic (exact) mass is 269 g/mol. The lowest BCUT2D eigenvalue weighted by atomic mass is 10.1. The van der Waals surface area contributed by atoms with E-state index in [0.29, 0.717) is 5.56 Å². The zero-order chi connectivity index (χ0) is 14.5. The molecule has 2 rings (SSSR count). The Bertz CT molecular complexity index is 576. The molecule has 20 heavy (non-hydrogen) atoms. The Balaban J connectivity index is 2.04. The van der Waals surface area contributed by atoms with Gasteiger partial charge in [0.25, 0.3) is 5.91 Å². The molecular formula is C16H19N3O. The van der Waals surface area contributed by atoms with Crippen molar-refractivity contribution in [3.05, 3.63) is 59.3 Å². The Hall–Kier alpha value is -2.36. The Kier molecular flexibility index (Phi) is 4.35. The maximum atomic E-state index is 12.1. The molecule has 2 aromatic rings. The third-order valence-corrected chi connectivity index (χ3v) is 3.21. The first-order valence-corrected chi connectivity index (χ1v) is 6.61. The number of pyridine rings is 1. The largest absolute Gasteiger partial charge is 0.373 e. The maximum absolute atomic E-state index is 12.1. The Morgan fingerprint density at radius 1 is 1.15 bits per heavy atom. The van der Waals surface area contributed by atoms with Gasteiger partial charge in [-0.25, -0.2) is 4.98 Å². The van der Waals surface area contributed by atoms with Crippen LogP contribution in [0.4, 0.5) is 5.82 Å². The normalized spacial score (nSPS) is 11.8. The van der Waals surface area contributed by atoms with Crippen LogP contribution in [0.5, 0.6) is 0 Å². The molecule has 0 aliphatic carbocycles. The van der Waals surface area contributed by atoms with Crippen LogP contribution in [0.15, 0.2) is 42.6 Å². The second kappa shape index (κ2) is 6.19. The van der Waals surface area contributed by atoms with Crippen LogP contribution >= 0.6 is 0 Å². The van der Waals surface area contributed by atoms with Crippen LogP contribution in [0.3, 0.4) is 0 Å². The fourth-order valence-electron chi connectivity index (χ4n) is 1.89. The van der Waals surface area contributed by atoms with Crippen molar-refractivity contribution < 1.29 is 4.79 Å². The van der Waals surface area contributed by atoms with Gasteiger partial charge < -0.3 is 10.6 Å². The van der Waals surface area contributed by atoms with E-state index in [4.69, 9.17) is 0 Å². The molecule has 1 amide bonds. The summed E-state index contributed by atoms with van der Waals surface area (Å²) in [4.78, 5) is 16.3. The van der Waals surface area contributed by atoms with Gasteiger partial charge in [-0.2, -0.15) is 0 Å². The van der Waals surface area contributed by atoms with E-state index in [-0.39, 0.29) is 11.9 Å². The molecule has 0 saturated carbocycles. The van der Waals surface area contributed by atoms with Crippen LogP contribution in [0.2, 0.25) is 0 Å². The number of benzene rings is 1. The third kappa shape index (κ3) is 3.35. The number of nitrogens with zero attached hydrogens (tertiary/aromatic N) is 1. The molecule has 0 saturated heterocycles. The SMILES string of the molecule is CNc1ccc(C(=O)NC(C)c2ccc(C)cc2)cn1. The van der Waals surface area contributed by atoms with Gasteiger partial charge in [-0.15, -0.1) is 0 Å². The van der Waals surface area contributed by atoms with Crippen molar-refractivity contribution in [2.24, 2.45) is 0 Å². The molecule has 1 aromatic carbocycles. The number of amides is 1. The highest BCUT2D eigenvalue weighted by Gasteiger charge is 2.11. The van der Waals surface area contributed by atoms with Crippen molar-refractivity contribution in [3.63, 3.8) is 0 Å². The van der Waals surface area contributed by atoms with Crippen molar-refractivity contribution in [2.45, 2.75) is 19.9 Å². The highest BCUT2D eigenvalue weighted by atomic mass is 16.1. The number of aromatic nitrogens is 1. The molecule has 1 unspecified atom stereocenters. The Morgan fingerprint density at radius 3 is 2.40 bits per heavy atom. The summed E-state index contributed by atoms with van der Waals surface area (Å²) in [5.74, 6) is 0.626. The van der Waals surface area contributed by atoms with Gasteiger partial charge in [0.15, 0.2) is 0 Å². The summed E-state index contributed by atoms with van der Waals surface area (Å²) in [6.45, 7) is 4.01. The summed E-state index contributed by atoms with van der Waals surface area (Å²) in [6.07, 6.45) is 1.57. The highest BCUT2D eigenvalue weighted by Crippen LogP contribution is 2.14. The number of rotatable bonds is 4. The number of hydrogen-bond acceptors (Lipinski definition) is 3. The molecule has 0 spiro atoms.